The Morgan fingerprint density at radius 2 is 2.12 bits per heavy atom. The van der Waals surface area contributed by atoms with E-state index >= 15 is 0 Å². The van der Waals surface area contributed by atoms with Crippen LogP contribution in [0.25, 0.3) is 10.2 Å². The number of thiophene rings is 1. The van der Waals surface area contributed by atoms with E-state index in [1.54, 1.807) is 6.33 Å². The highest BCUT2D eigenvalue weighted by Crippen LogP contribution is 2.40. The standard InChI is InChI=1S/C19H22N4S/c1-3-23(13(2)14-7-6-10-20-11-14)18-17-15-8-4-5-9-16(15)24-19(17)22-12-21-18/h6-7,10-13H,3-5,8-9H2,1-2H3. The van der Waals surface area contributed by atoms with Gasteiger partial charge in [-0.2, -0.15) is 0 Å². The third-order valence-electron chi connectivity index (χ3n) is 4.98. The summed E-state index contributed by atoms with van der Waals surface area (Å²) in [6.07, 6.45) is 10.4. The Morgan fingerprint density at radius 3 is 2.92 bits per heavy atom. The number of pyridine rings is 1. The molecule has 0 amide bonds. The summed E-state index contributed by atoms with van der Waals surface area (Å²) in [5.41, 5.74) is 2.71. The van der Waals surface area contributed by atoms with Gasteiger partial charge in [-0.05, 0) is 56.7 Å². The lowest BCUT2D eigenvalue weighted by Crippen LogP contribution is -2.27. The molecule has 0 fully saturated rings. The fraction of sp³-hybridized carbons (Fsp3) is 0.421. The maximum Gasteiger partial charge on any atom is 0.141 e. The Labute approximate surface area is 146 Å². The number of aryl methyl sites for hydroxylation is 2. The molecule has 0 saturated carbocycles. The Kier molecular flexibility index (Phi) is 4.19. The van der Waals surface area contributed by atoms with Crippen LogP contribution in [0, 0.1) is 0 Å². The van der Waals surface area contributed by atoms with E-state index in [9.17, 15) is 0 Å². The zero-order valence-corrected chi connectivity index (χ0v) is 15.0. The van der Waals surface area contributed by atoms with Crippen LogP contribution in [-0.4, -0.2) is 21.5 Å². The molecule has 4 nitrogen and oxygen atoms in total. The van der Waals surface area contributed by atoms with Crippen molar-refractivity contribution in [3.63, 3.8) is 0 Å². The van der Waals surface area contributed by atoms with Gasteiger partial charge in [-0.15, -0.1) is 11.3 Å². The Bertz CT molecular complexity index is 843. The third kappa shape index (κ3) is 2.57. The van der Waals surface area contributed by atoms with E-state index in [4.69, 9.17) is 4.98 Å². The topological polar surface area (TPSA) is 41.9 Å². The van der Waals surface area contributed by atoms with Gasteiger partial charge >= 0.3 is 0 Å². The molecule has 0 saturated heterocycles. The largest absolute Gasteiger partial charge is 0.349 e. The van der Waals surface area contributed by atoms with Gasteiger partial charge in [0.25, 0.3) is 0 Å². The second kappa shape index (κ2) is 6.48. The molecule has 1 aliphatic rings. The molecule has 5 heteroatoms. The van der Waals surface area contributed by atoms with Gasteiger partial charge in [0.1, 0.15) is 17.0 Å². The van der Waals surface area contributed by atoms with Gasteiger partial charge in [0.15, 0.2) is 0 Å². The summed E-state index contributed by atoms with van der Waals surface area (Å²) in [5.74, 6) is 1.08. The molecule has 124 valence electrons. The number of anilines is 1. The van der Waals surface area contributed by atoms with Gasteiger partial charge in [-0.3, -0.25) is 4.98 Å². The van der Waals surface area contributed by atoms with Crippen molar-refractivity contribution in [3.05, 3.63) is 46.9 Å². The number of rotatable bonds is 4. The van der Waals surface area contributed by atoms with Crippen LogP contribution in [-0.2, 0) is 12.8 Å². The lowest BCUT2D eigenvalue weighted by Gasteiger charge is -2.30. The maximum atomic E-state index is 4.71. The molecule has 24 heavy (non-hydrogen) atoms. The van der Waals surface area contributed by atoms with Crippen molar-refractivity contribution in [2.75, 3.05) is 11.4 Å². The summed E-state index contributed by atoms with van der Waals surface area (Å²) >= 11 is 1.86. The number of hydrogen-bond donors (Lipinski definition) is 0. The zero-order chi connectivity index (χ0) is 16.5. The Morgan fingerprint density at radius 1 is 1.25 bits per heavy atom. The molecule has 0 radical (unpaired) electrons. The Balaban J connectivity index is 1.83. The molecule has 3 aromatic rings. The molecule has 0 aliphatic heterocycles. The third-order valence-corrected chi connectivity index (χ3v) is 6.18. The molecule has 4 rings (SSSR count). The molecule has 3 aromatic heterocycles. The van der Waals surface area contributed by atoms with E-state index < -0.39 is 0 Å². The first-order valence-corrected chi connectivity index (χ1v) is 9.53. The predicted octanol–water partition coefficient (Wildman–Crippen LogP) is 4.55. The average Bonchev–Trinajstić information content (AvgIpc) is 3.02. The van der Waals surface area contributed by atoms with Gasteiger partial charge in [0.05, 0.1) is 11.4 Å². The summed E-state index contributed by atoms with van der Waals surface area (Å²) in [5, 5.41) is 1.29. The molecule has 0 N–H and O–H groups in total. The molecule has 0 aromatic carbocycles. The second-order valence-electron chi connectivity index (χ2n) is 6.34. The molecule has 1 unspecified atom stereocenters. The highest BCUT2D eigenvalue weighted by atomic mass is 32.1. The maximum absolute atomic E-state index is 4.71. The summed E-state index contributed by atoms with van der Waals surface area (Å²) < 4.78 is 0. The number of fused-ring (bicyclic) bond motifs is 3. The van der Waals surface area contributed by atoms with E-state index in [2.05, 4.69) is 34.8 Å². The van der Waals surface area contributed by atoms with Crippen LogP contribution in [0.2, 0.25) is 0 Å². The average molecular weight is 338 g/mol. The minimum absolute atomic E-state index is 0.237. The normalized spacial score (nSPS) is 15.2. The summed E-state index contributed by atoms with van der Waals surface area (Å²) in [6, 6.07) is 4.38. The van der Waals surface area contributed by atoms with Crippen molar-refractivity contribution in [2.45, 2.75) is 45.6 Å². The fourth-order valence-electron chi connectivity index (χ4n) is 3.70. The fourth-order valence-corrected chi connectivity index (χ4v) is 4.92. The second-order valence-corrected chi connectivity index (χ2v) is 7.42. The molecule has 1 atom stereocenters. The van der Waals surface area contributed by atoms with Crippen LogP contribution in [0.3, 0.4) is 0 Å². The Hall–Kier alpha value is -2.01. The van der Waals surface area contributed by atoms with Gasteiger partial charge in [0.2, 0.25) is 0 Å². The number of nitrogens with zero attached hydrogens (tertiary/aromatic N) is 4. The van der Waals surface area contributed by atoms with E-state index in [-0.39, 0.29) is 6.04 Å². The molecule has 0 spiro atoms. The van der Waals surface area contributed by atoms with E-state index in [1.807, 2.05) is 29.8 Å². The summed E-state index contributed by atoms with van der Waals surface area (Å²) in [6.45, 7) is 5.33. The molecular formula is C19H22N4S. The molecule has 3 heterocycles. The monoisotopic (exact) mass is 338 g/mol. The van der Waals surface area contributed by atoms with Crippen LogP contribution >= 0.6 is 11.3 Å². The van der Waals surface area contributed by atoms with Gasteiger partial charge in [-0.25, -0.2) is 9.97 Å². The van der Waals surface area contributed by atoms with Crippen molar-refractivity contribution in [3.8, 4) is 0 Å². The molecular weight excluding hydrogens is 316 g/mol. The lowest BCUT2D eigenvalue weighted by atomic mass is 9.96. The molecule has 1 aliphatic carbocycles. The van der Waals surface area contributed by atoms with Crippen LogP contribution < -0.4 is 4.90 Å². The van der Waals surface area contributed by atoms with Gasteiger partial charge < -0.3 is 4.90 Å². The van der Waals surface area contributed by atoms with Crippen LogP contribution in [0.4, 0.5) is 5.82 Å². The van der Waals surface area contributed by atoms with Crippen LogP contribution in [0.5, 0.6) is 0 Å². The van der Waals surface area contributed by atoms with Crippen molar-refractivity contribution in [2.24, 2.45) is 0 Å². The SMILES string of the molecule is CCN(c1ncnc2sc3c(c12)CCCC3)C(C)c1cccnc1. The van der Waals surface area contributed by atoms with Crippen molar-refractivity contribution in [1.29, 1.82) is 0 Å². The minimum atomic E-state index is 0.237. The van der Waals surface area contributed by atoms with Crippen molar-refractivity contribution in [1.82, 2.24) is 15.0 Å². The van der Waals surface area contributed by atoms with E-state index in [0.29, 0.717) is 0 Å². The smallest absolute Gasteiger partial charge is 0.141 e. The van der Waals surface area contributed by atoms with Crippen molar-refractivity contribution < 1.29 is 0 Å². The highest BCUT2D eigenvalue weighted by molar-refractivity contribution is 7.19. The highest BCUT2D eigenvalue weighted by Gasteiger charge is 2.24. The first-order valence-electron chi connectivity index (χ1n) is 8.71. The van der Waals surface area contributed by atoms with Gasteiger partial charge in [-0.1, -0.05) is 6.07 Å². The molecule has 0 bridgehead atoms. The predicted molar refractivity (Wildman–Crippen MR) is 99.7 cm³/mol. The van der Waals surface area contributed by atoms with Crippen LogP contribution in [0.1, 0.15) is 48.7 Å². The van der Waals surface area contributed by atoms with Crippen molar-refractivity contribution >= 4 is 27.4 Å². The number of hydrogen-bond acceptors (Lipinski definition) is 5. The summed E-state index contributed by atoms with van der Waals surface area (Å²) in [4.78, 5) is 18.6. The lowest BCUT2D eigenvalue weighted by molar-refractivity contribution is 0.676. The first-order chi connectivity index (χ1) is 11.8. The quantitative estimate of drug-likeness (QED) is 0.700. The zero-order valence-electron chi connectivity index (χ0n) is 14.2. The van der Waals surface area contributed by atoms with Gasteiger partial charge in [0, 0.05) is 23.8 Å². The van der Waals surface area contributed by atoms with E-state index in [1.165, 1.54) is 40.7 Å². The first kappa shape index (κ1) is 15.5. The van der Waals surface area contributed by atoms with Crippen LogP contribution in [0.15, 0.2) is 30.9 Å². The number of aromatic nitrogens is 3. The summed E-state index contributed by atoms with van der Waals surface area (Å²) in [7, 11) is 0. The minimum Gasteiger partial charge on any atom is -0.349 e. The van der Waals surface area contributed by atoms with E-state index in [0.717, 1.165) is 23.6 Å².